The second-order valence-electron chi connectivity index (χ2n) is 5.94. The van der Waals surface area contributed by atoms with Crippen LogP contribution in [0.5, 0.6) is 0 Å². The van der Waals surface area contributed by atoms with Gasteiger partial charge in [-0.25, -0.2) is 0 Å². The molecule has 0 aromatic heterocycles. The number of carboxylic acid groups (broad SMARTS) is 1. The molecule has 1 N–H and O–H groups in total. The monoisotopic (exact) mass is 279 g/mol. The quantitative estimate of drug-likeness (QED) is 0.833. The summed E-state index contributed by atoms with van der Waals surface area (Å²) in [6.45, 7) is 8.17. The Kier molecular flexibility index (Phi) is 6.17. The first kappa shape index (κ1) is 16.7. The molecule has 0 fully saturated rings. The van der Waals surface area contributed by atoms with Gasteiger partial charge in [-0.15, -0.1) is 0 Å². The summed E-state index contributed by atoms with van der Waals surface area (Å²) in [5.41, 5.74) is 2.27. The van der Waals surface area contributed by atoms with Crippen molar-refractivity contribution in [2.45, 2.75) is 45.9 Å². The van der Waals surface area contributed by atoms with Crippen LogP contribution in [0.25, 0.3) is 0 Å². The Morgan fingerprint density at radius 3 is 2.35 bits per heavy atom. The molecule has 0 heterocycles. The highest BCUT2D eigenvalue weighted by molar-refractivity contribution is 5.66. The second-order valence-corrected chi connectivity index (χ2v) is 5.94. The van der Waals surface area contributed by atoms with E-state index in [0.29, 0.717) is 13.2 Å². The fourth-order valence-electron chi connectivity index (χ4n) is 2.10. The number of ether oxygens (including phenoxy) is 1. The van der Waals surface area contributed by atoms with Crippen molar-refractivity contribution in [2.75, 3.05) is 13.7 Å². The Morgan fingerprint density at radius 1 is 1.25 bits per heavy atom. The molecule has 0 radical (unpaired) electrons. The minimum Gasteiger partial charge on any atom is -0.481 e. The first-order valence-corrected chi connectivity index (χ1v) is 6.87. The minimum atomic E-state index is -0.760. The predicted octanol–water partition coefficient (Wildman–Crippen LogP) is 2.91. The van der Waals surface area contributed by atoms with Gasteiger partial charge in [-0.3, -0.25) is 9.69 Å². The van der Waals surface area contributed by atoms with E-state index < -0.39 is 5.97 Å². The van der Waals surface area contributed by atoms with E-state index in [1.807, 2.05) is 12.1 Å². The lowest BCUT2D eigenvalue weighted by Gasteiger charge is -2.35. The van der Waals surface area contributed by atoms with Gasteiger partial charge in [-0.05, 0) is 31.9 Å². The molecule has 0 saturated heterocycles. The maximum Gasteiger partial charge on any atom is 0.304 e. The smallest absolute Gasteiger partial charge is 0.304 e. The van der Waals surface area contributed by atoms with Gasteiger partial charge in [0.05, 0.1) is 13.0 Å². The van der Waals surface area contributed by atoms with Crippen molar-refractivity contribution in [3.8, 4) is 0 Å². The van der Waals surface area contributed by atoms with E-state index in [0.717, 1.165) is 12.1 Å². The van der Waals surface area contributed by atoms with E-state index >= 15 is 0 Å². The number of hydrogen-bond acceptors (Lipinski definition) is 3. The highest BCUT2D eigenvalue weighted by atomic mass is 16.5. The summed E-state index contributed by atoms with van der Waals surface area (Å²) in [5, 5.41) is 8.89. The van der Waals surface area contributed by atoms with E-state index in [1.54, 1.807) is 7.11 Å². The fourth-order valence-corrected chi connectivity index (χ4v) is 2.10. The lowest BCUT2D eigenvalue weighted by atomic mass is 10.0. The van der Waals surface area contributed by atoms with Gasteiger partial charge < -0.3 is 9.84 Å². The Morgan fingerprint density at radius 2 is 1.85 bits per heavy atom. The van der Waals surface area contributed by atoms with Crippen molar-refractivity contribution in [1.82, 2.24) is 4.90 Å². The van der Waals surface area contributed by atoms with Crippen LogP contribution < -0.4 is 0 Å². The maximum atomic E-state index is 10.8. The molecule has 0 aliphatic carbocycles. The second kappa shape index (κ2) is 7.41. The standard InChI is InChI=1S/C16H25NO3/c1-16(2,3)17(10-9-15(18)19)11-13-7-5-6-8-14(13)12-20-4/h5-8H,9-12H2,1-4H3,(H,18,19). The molecule has 4 nitrogen and oxygen atoms in total. The third-order valence-corrected chi connectivity index (χ3v) is 3.32. The average molecular weight is 279 g/mol. The van der Waals surface area contributed by atoms with Crippen molar-refractivity contribution in [3.05, 3.63) is 35.4 Å². The molecule has 1 aromatic carbocycles. The minimum absolute atomic E-state index is 0.0738. The molecule has 0 saturated carbocycles. The van der Waals surface area contributed by atoms with Crippen molar-refractivity contribution >= 4 is 5.97 Å². The molecule has 0 spiro atoms. The third-order valence-electron chi connectivity index (χ3n) is 3.32. The molecule has 0 amide bonds. The number of methoxy groups -OCH3 is 1. The number of benzene rings is 1. The molecular formula is C16H25NO3. The van der Waals surface area contributed by atoms with Gasteiger partial charge in [-0.2, -0.15) is 0 Å². The van der Waals surface area contributed by atoms with Crippen LogP contribution in [0, 0.1) is 0 Å². The molecule has 20 heavy (non-hydrogen) atoms. The van der Waals surface area contributed by atoms with Crippen molar-refractivity contribution in [2.24, 2.45) is 0 Å². The summed E-state index contributed by atoms with van der Waals surface area (Å²) < 4.78 is 5.22. The number of carbonyl (C=O) groups is 1. The van der Waals surface area contributed by atoms with E-state index in [9.17, 15) is 4.79 Å². The topological polar surface area (TPSA) is 49.8 Å². The van der Waals surface area contributed by atoms with Crippen LogP contribution in [0.2, 0.25) is 0 Å². The van der Waals surface area contributed by atoms with E-state index in [4.69, 9.17) is 9.84 Å². The molecule has 1 rings (SSSR count). The van der Waals surface area contributed by atoms with Crippen molar-refractivity contribution in [3.63, 3.8) is 0 Å². The van der Waals surface area contributed by atoms with Gasteiger partial charge in [-0.1, -0.05) is 24.3 Å². The highest BCUT2D eigenvalue weighted by Crippen LogP contribution is 2.20. The maximum absolute atomic E-state index is 10.8. The number of carboxylic acids is 1. The van der Waals surface area contributed by atoms with Gasteiger partial charge in [0.15, 0.2) is 0 Å². The normalized spacial score (nSPS) is 11.8. The summed E-state index contributed by atoms with van der Waals surface area (Å²) >= 11 is 0. The Balaban J connectivity index is 2.86. The highest BCUT2D eigenvalue weighted by Gasteiger charge is 2.22. The van der Waals surface area contributed by atoms with Gasteiger partial charge in [0.25, 0.3) is 0 Å². The molecular weight excluding hydrogens is 254 g/mol. The molecule has 1 aromatic rings. The third kappa shape index (κ3) is 5.31. The molecule has 0 unspecified atom stereocenters. The molecule has 0 aliphatic heterocycles. The van der Waals surface area contributed by atoms with Crippen LogP contribution in [0.4, 0.5) is 0 Å². The summed E-state index contributed by atoms with van der Waals surface area (Å²) in [7, 11) is 1.68. The van der Waals surface area contributed by atoms with E-state index in [2.05, 4.69) is 37.8 Å². The van der Waals surface area contributed by atoms with Crippen LogP contribution >= 0.6 is 0 Å². The summed E-state index contributed by atoms with van der Waals surface area (Å²) in [6.07, 6.45) is 0.156. The van der Waals surface area contributed by atoms with E-state index in [-0.39, 0.29) is 12.0 Å². The molecule has 0 bridgehead atoms. The van der Waals surface area contributed by atoms with Crippen LogP contribution in [-0.2, 0) is 22.7 Å². The van der Waals surface area contributed by atoms with Gasteiger partial charge in [0.1, 0.15) is 0 Å². The van der Waals surface area contributed by atoms with E-state index in [1.165, 1.54) is 5.56 Å². The fraction of sp³-hybridized carbons (Fsp3) is 0.562. The Labute approximate surface area is 121 Å². The summed E-state index contributed by atoms with van der Waals surface area (Å²) in [6, 6.07) is 8.13. The largest absolute Gasteiger partial charge is 0.481 e. The lowest BCUT2D eigenvalue weighted by molar-refractivity contribution is -0.137. The molecule has 0 atom stereocenters. The number of rotatable bonds is 7. The van der Waals surface area contributed by atoms with Gasteiger partial charge in [0, 0.05) is 25.7 Å². The first-order chi connectivity index (χ1) is 9.34. The van der Waals surface area contributed by atoms with Crippen LogP contribution in [0.1, 0.15) is 38.3 Å². The number of nitrogens with zero attached hydrogens (tertiary/aromatic N) is 1. The number of hydrogen-bond donors (Lipinski definition) is 1. The zero-order chi connectivity index (χ0) is 15.2. The molecule has 112 valence electrons. The molecule has 0 aliphatic rings. The summed E-state index contributed by atoms with van der Waals surface area (Å²) in [4.78, 5) is 13.0. The first-order valence-electron chi connectivity index (χ1n) is 6.87. The lowest BCUT2D eigenvalue weighted by Crippen LogP contribution is -2.42. The average Bonchev–Trinajstić information content (AvgIpc) is 2.35. The van der Waals surface area contributed by atoms with Crippen LogP contribution in [-0.4, -0.2) is 35.2 Å². The Hall–Kier alpha value is -1.39. The SMILES string of the molecule is COCc1ccccc1CN(CCC(=O)O)C(C)(C)C. The van der Waals surface area contributed by atoms with Crippen LogP contribution in [0.3, 0.4) is 0 Å². The van der Waals surface area contributed by atoms with Gasteiger partial charge >= 0.3 is 5.97 Å². The van der Waals surface area contributed by atoms with Crippen LogP contribution in [0.15, 0.2) is 24.3 Å². The Bertz CT molecular complexity index is 438. The van der Waals surface area contributed by atoms with Crippen molar-refractivity contribution < 1.29 is 14.6 Å². The van der Waals surface area contributed by atoms with Gasteiger partial charge in [0.2, 0.25) is 0 Å². The zero-order valence-corrected chi connectivity index (χ0v) is 12.8. The predicted molar refractivity (Wildman–Crippen MR) is 79.6 cm³/mol. The number of aliphatic carboxylic acids is 1. The molecule has 4 heteroatoms. The van der Waals surface area contributed by atoms with Crippen molar-refractivity contribution in [1.29, 1.82) is 0 Å². The summed E-state index contributed by atoms with van der Waals surface area (Å²) in [5.74, 6) is -0.760. The zero-order valence-electron chi connectivity index (χ0n) is 12.8.